The van der Waals surface area contributed by atoms with E-state index >= 15 is 0 Å². The maximum atomic E-state index is 12.8. The molecule has 1 fully saturated rings. The molecule has 3 aromatic rings. The second kappa shape index (κ2) is 6.84. The molecule has 0 unspecified atom stereocenters. The third-order valence-electron chi connectivity index (χ3n) is 4.53. The van der Waals surface area contributed by atoms with E-state index in [4.69, 9.17) is 4.42 Å². The van der Waals surface area contributed by atoms with Gasteiger partial charge in [0.05, 0.1) is 0 Å². The van der Waals surface area contributed by atoms with Crippen LogP contribution in [0, 0.1) is 12.8 Å². The van der Waals surface area contributed by atoms with E-state index < -0.39 is 0 Å². The quantitative estimate of drug-likeness (QED) is 0.617. The highest BCUT2D eigenvalue weighted by Crippen LogP contribution is 2.35. The second-order valence-electron chi connectivity index (χ2n) is 6.55. The molecule has 1 N–H and O–H groups in total. The summed E-state index contributed by atoms with van der Waals surface area (Å²) < 4.78 is 6.93. The third-order valence-corrected chi connectivity index (χ3v) is 6.70. The predicted molar refractivity (Wildman–Crippen MR) is 102 cm³/mol. The first-order valence-electron chi connectivity index (χ1n) is 8.48. The summed E-state index contributed by atoms with van der Waals surface area (Å²) in [5, 5.41) is 6.16. The van der Waals surface area contributed by atoms with Crippen LogP contribution in [0.4, 0.5) is 0 Å². The Kier molecular flexibility index (Phi) is 4.56. The van der Waals surface area contributed by atoms with Crippen molar-refractivity contribution in [1.29, 1.82) is 0 Å². The van der Waals surface area contributed by atoms with Gasteiger partial charge >= 0.3 is 0 Å². The summed E-state index contributed by atoms with van der Waals surface area (Å²) in [7, 11) is 0. The van der Waals surface area contributed by atoms with Gasteiger partial charge in [-0.05, 0) is 38.7 Å². The van der Waals surface area contributed by atoms with Gasteiger partial charge in [0.15, 0.2) is 5.76 Å². The Balaban J connectivity index is 1.61. The Labute approximate surface area is 155 Å². The molecule has 4 nitrogen and oxygen atoms in total. The van der Waals surface area contributed by atoms with Crippen molar-refractivity contribution >= 4 is 40.0 Å². The van der Waals surface area contributed by atoms with Crippen LogP contribution in [0.5, 0.6) is 0 Å². The Morgan fingerprint density at radius 3 is 2.96 bits per heavy atom. The van der Waals surface area contributed by atoms with Crippen LogP contribution in [0.1, 0.15) is 41.6 Å². The number of carbonyl (C=O) groups excluding carboxylic acids is 1. The predicted octanol–water partition coefficient (Wildman–Crippen LogP) is 5.02. The molecule has 2 aromatic heterocycles. The Bertz CT molecular complexity index is 911. The number of benzene rings is 1. The lowest BCUT2D eigenvalue weighted by Gasteiger charge is -2.12. The average Bonchev–Trinajstić information content (AvgIpc) is 3.28. The number of nitrogens with zero attached hydrogens (tertiary/aromatic N) is 1. The summed E-state index contributed by atoms with van der Waals surface area (Å²) in [4.78, 5) is 17.3. The van der Waals surface area contributed by atoms with E-state index in [1.165, 1.54) is 12.8 Å². The van der Waals surface area contributed by atoms with Crippen molar-refractivity contribution in [2.24, 2.45) is 5.92 Å². The number of fused-ring (bicyclic) bond motifs is 1. The van der Waals surface area contributed by atoms with Crippen LogP contribution in [-0.4, -0.2) is 16.9 Å². The summed E-state index contributed by atoms with van der Waals surface area (Å²) in [6.07, 6.45) is 2.40. The van der Waals surface area contributed by atoms with E-state index in [-0.39, 0.29) is 11.9 Å². The fourth-order valence-electron chi connectivity index (χ4n) is 2.94. The standard InChI is InChI=1S/C19H20N2O2S2/c1-11-9-24-19(20-11)25-10-15-14-5-3-4-6-16(14)23-17(15)18(22)21-12(2)13-7-8-13/h3-6,9,12-13H,7-8,10H2,1-2H3,(H,21,22)/t12-/m0/s1. The lowest BCUT2D eigenvalue weighted by molar-refractivity contribution is 0.0909. The molecule has 0 aliphatic heterocycles. The number of thioether (sulfide) groups is 1. The number of furan rings is 1. The van der Waals surface area contributed by atoms with Gasteiger partial charge < -0.3 is 9.73 Å². The molecular formula is C19H20N2O2S2. The number of hydrogen-bond acceptors (Lipinski definition) is 5. The van der Waals surface area contributed by atoms with Gasteiger partial charge in [-0.3, -0.25) is 4.79 Å². The minimum atomic E-state index is -0.110. The highest BCUT2D eigenvalue weighted by atomic mass is 32.2. The van der Waals surface area contributed by atoms with Gasteiger partial charge in [-0.2, -0.15) is 0 Å². The van der Waals surface area contributed by atoms with Crippen LogP contribution >= 0.6 is 23.1 Å². The molecule has 1 amide bonds. The highest BCUT2D eigenvalue weighted by Gasteiger charge is 2.30. The first-order chi connectivity index (χ1) is 12.1. The van der Waals surface area contributed by atoms with Crippen molar-refractivity contribution in [1.82, 2.24) is 10.3 Å². The molecule has 6 heteroatoms. The summed E-state index contributed by atoms with van der Waals surface area (Å²) in [5.74, 6) is 1.62. The number of amides is 1. The maximum Gasteiger partial charge on any atom is 0.287 e. The summed E-state index contributed by atoms with van der Waals surface area (Å²) in [6.45, 7) is 4.07. The number of aryl methyl sites for hydroxylation is 1. The van der Waals surface area contributed by atoms with Crippen molar-refractivity contribution in [2.75, 3.05) is 0 Å². The Morgan fingerprint density at radius 1 is 1.44 bits per heavy atom. The third kappa shape index (κ3) is 3.60. The highest BCUT2D eigenvalue weighted by molar-refractivity contribution is 8.00. The monoisotopic (exact) mass is 372 g/mol. The van der Waals surface area contributed by atoms with Gasteiger partial charge in [-0.15, -0.1) is 11.3 Å². The molecule has 1 aliphatic carbocycles. The second-order valence-corrected chi connectivity index (χ2v) is 8.63. The summed E-state index contributed by atoms with van der Waals surface area (Å²) >= 11 is 3.28. The Hall–Kier alpha value is -1.79. The van der Waals surface area contributed by atoms with Gasteiger partial charge in [-0.1, -0.05) is 30.0 Å². The van der Waals surface area contributed by atoms with Gasteiger partial charge in [0, 0.05) is 33.8 Å². The normalized spacial score (nSPS) is 15.4. The molecule has 1 saturated carbocycles. The van der Waals surface area contributed by atoms with Gasteiger partial charge in [0.2, 0.25) is 0 Å². The lowest BCUT2D eigenvalue weighted by Crippen LogP contribution is -2.34. The van der Waals surface area contributed by atoms with Crippen LogP contribution in [-0.2, 0) is 5.75 Å². The smallest absolute Gasteiger partial charge is 0.287 e. The average molecular weight is 373 g/mol. The van der Waals surface area contributed by atoms with Crippen LogP contribution in [0.15, 0.2) is 38.4 Å². The van der Waals surface area contributed by atoms with E-state index in [9.17, 15) is 4.79 Å². The molecule has 0 bridgehead atoms. The summed E-state index contributed by atoms with van der Waals surface area (Å²) in [6, 6.07) is 8.04. The molecular weight excluding hydrogens is 352 g/mol. The molecule has 2 heterocycles. The first kappa shape index (κ1) is 16.7. The van der Waals surface area contributed by atoms with E-state index in [2.05, 4.69) is 17.2 Å². The van der Waals surface area contributed by atoms with Crippen molar-refractivity contribution in [3.63, 3.8) is 0 Å². The zero-order chi connectivity index (χ0) is 17.4. The zero-order valence-electron chi connectivity index (χ0n) is 14.2. The van der Waals surface area contributed by atoms with Crippen LogP contribution in [0.3, 0.4) is 0 Å². The molecule has 0 spiro atoms. The number of aromatic nitrogens is 1. The minimum Gasteiger partial charge on any atom is -0.451 e. The number of carbonyl (C=O) groups is 1. The fraction of sp³-hybridized carbons (Fsp3) is 0.368. The molecule has 4 rings (SSSR count). The van der Waals surface area contributed by atoms with Gasteiger partial charge in [-0.25, -0.2) is 4.98 Å². The molecule has 0 radical (unpaired) electrons. The molecule has 1 atom stereocenters. The molecule has 25 heavy (non-hydrogen) atoms. The molecule has 1 aliphatic rings. The zero-order valence-corrected chi connectivity index (χ0v) is 15.9. The number of nitrogens with one attached hydrogen (secondary N) is 1. The molecule has 130 valence electrons. The van der Waals surface area contributed by atoms with E-state index in [1.807, 2.05) is 36.6 Å². The van der Waals surface area contributed by atoms with Gasteiger partial charge in [0.25, 0.3) is 5.91 Å². The van der Waals surface area contributed by atoms with E-state index in [1.54, 1.807) is 23.1 Å². The topological polar surface area (TPSA) is 55.1 Å². The number of thiazole rings is 1. The Morgan fingerprint density at radius 2 is 2.24 bits per heavy atom. The maximum absolute atomic E-state index is 12.8. The van der Waals surface area contributed by atoms with Crippen molar-refractivity contribution in [3.05, 3.63) is 46.7 Å². The number of para-hydroxylation sites is 1. The number of rotatable bonds is 6. The van der Waals surface area contributed by atoms with Crippen LogP contribution in [0.2, 0.25) is 0 Å². The van der Waals surface area contributed by atoms with Gasteiger partial charge in [0.1, 0.15) is 9.92 Å². The van der Waals surface area contributed by atoms with Crippen molar-refractivity contribution < 1.29 is 9.21 Å². The number of hydrogen-bond donors (Lipinski definition) is 1. The van der Waals surface area contributed by atoms with E-state index in [0.717, 1.165) is 26.6 Å². The molecule has 0 saturated heterocycles. The SMILES string of the molecule is Cc1csc(SCc2c(C(=O)N[C@@H](C)C3CC3)oc3ccccc23)n1. The van der Waals surface area contributed by atoms with E-state index in [0.29, 0.717) is 17.4 Å². The largest absolute Gasteiger partial charge is 0.451 e. The van der Waals surface area contributed by atoms with Crippen LogP contribution in [0.25, 0.3) is 11.0 Å². The fourth-order valence-corrected chi connectivity index (χ4v) is 4.82. The van der Waals surface area contributed by atoms with Crippen molar-refractivity contribution in [2.45, 2.75) is 42.8 Å². The minimum absolute atomic E-state index is 0.110. The lowest BCUT2D eigenvalue weighted by atomic mass is 10.1. The molecule has 1 aromatic carbocycles. The first-order valence-corrected chi connectivity index (χ1v) is 10.3. The van der Waals surface area contributed by atoms with Crippen molar-refractivity contribution in [3.8, 4) is 0 Å². The summed E-state index contributed by atoms with van der Waals surface area (Å²) in [5.41, 5.74) is 2.74. The van der Waals surface area contributed by atoms with Crippen LogP contribution < -0.4 is 5.32 Å².